The highest BCUT2D eigenvalue weighted by atomic mass is 15.2. The van der Waals surface area contributed by atoms with E-state index in [1.54, 1.807) is 23.7 Å². The molecule has 0 aromatic carbocycles. The number of hydrogen-bond donors (Lipinski definition) is 2. The monoisotopic (exact) mass is 137 g/mol. The molecule has 5 nitrogen and oxygen atoms in total. The van der Waals surface area contributed by atoms with Gasteiger partial charge in [-0.25, -0.2) is 11.1 Å². The van der Waals surface area contributed by atoms with Crippen LogP contribution in [0.25, 0.3) is 0 Å². The van der Waals surface area contributed by atoms with E-state index in [0.29, 0.717) is 11.6 Å². The molecule has 0 atom stereocenters. The molecular formula is C5H7N5. The van der Waals surface area contributed by atoms with Gasteiger partial charge in [0.1, 0.15) is 0 Å². The van der Waals surface area contributed by atoms with Gasteiger partial charge in [0.25, 0.3) is 0 Å². The van der Waals surface area contributed by atoms with E-state index in [9.17, 15) is 0 Å². The molecule has 0 unspecified atom stereocenters. The van der Waals surface area contributed by atoms with Crippen molar-refractivity contribution in [3.05, 3.63) is 12.1 Å². The normalized spacial score (nSPS) is 9.30. The van der Waals surface area contributed by atoms with Gasteiger partial charge in [-0.15, -0.1) is 10.2 Å². The molecule has 0 aliphatic rings. The highest BCUT2D eigenvalue weighted by Gasteiger charge is 1.99. The Morgan fingerprint density at radius 1 is 1.20 bits per heavy atom. The molecule has 1 rings (SSSR count). The van der Waals surface area contributed by atoms with Crippen LogP contribution in [-0.2, 0) is 7.05 Å². The van der Waals surface area contributed by atoms with Gasteiger partial charge in [-0.05, 0) is 12.1 Å². The Morgan fingerprint density at radius 3 is 1.80 bits per heavy atom. The summed E-state index contributed by atoms with van der Waals surface area (Å²) in [6.07, 6.45) is 0. The van der Waals surface area contributed by atoms with Crippen LogP contribution in [0.2, 0.25) is 0 Å². The van der Waals surface area contributed by atoms with Crippen molar-refractivity contribution < 1.29 is 0 Å². The lowest BCUT2D eigenvalue weighted by molar-refractivity contribution is 0.876. The van der Waals surface area contributed by atoms with Gasteiger partial charge in [-0.2, -0.15) is 0 Å². The minimum Gasteiger partial charge on any atom is -0.311 e. The molecule has 0 radical (unpaired) electrons. The molecule has 0 saturated carbocycles. The third kappa shape index (κ3) is 0.812. The summed E-state index contributed by atoms with van der Waals surface area (Å²) in [4.78, 5) is 0. The van der Waals surface area contributed by atoms with Crippen LogP contribution in [0.15, 0.2) is 22.4 Å². The maximum atomic E-state index is 6.67. The topological polar surface area (TPSA) is 77.3 Å². The summed E-state index contributed by atoms with van der Waals surface area (Å²) in [5, 5.41) is 6.42. The Morgan fingerprint density at radius 2 is 1.60 bits per heavy atom. The molecule has 5 heteroatoms. The van der Waals surface area contributed by atoms with Crippen LogP contribution in [0.1, 0.15) is 0 Å². The van der Waals surface area contributed by atoms with Crippen LogP contribution < -0.4 is 0 Å². The van der Waals surface area contributed by atoms with Gasteiger partial charge in [0.2, 0.25) is 0 Å². The molecule has 0 saturated heterocycles. The Labute approximate surface area is 57.7 Å². The lowest BCUT2D eigenvalue weighted by atomic mass is 10.6. The van der Waals surface area contributed by atoms with Gasteiger partial charge < -0.3 is 4.57 Å². The third-order valence-corrected chi connectivity index (χ3v) is 1.30. The number of hydrogen-bond acceptors (Lipinski definition) is 4. The van der Waals surface area contributed by atoms with E-state index in [2.05, 4.69) is 10.2 Å². The average Bonchev–Trinajstić information content (AvgIpc) is 2.30. The molecule has 0 aliphatic heterocycles. The summed E-state index contributed by atoms with van der Waals surface area (Å²) < 4.78 is 1.57. The quantitative estimate of drug-likeness (QED) is 0.587. The van der Waals surface area contributed by atoms with E-state index >= 15 is 0 Å². The van der Waals surface area contributed by atoms with E-state index in [-0.39, 0.29) is 0 Å². The highest BCUT2D eigenvalue weighted by Crippen LogP contribution is 2.21. The van der Waals surface area contributed by atoms with Crippen LogP contribution in [0, 0.1) is 11.1 Å². The van der Waals surface area contributed by atoms with E-state index in [4.69, 9.17) is 11.1 Å². The molecule has 0 spiro atoms. The number of nitrogens with one attached hydrogen (secondary N) is 2. The number of aromatic nitrogens is 1. The highest BCUT2D eigenvalue weighted by molar-refractivity contribution is 5.42. The largest absolute Gasteiger partial charge is 0.311 e. The lowest BCUT2D eigenvalue weighted by Gasteiger charge is -1.94. The summed E-state index contributed by atoms with van der Waals surface area (Å²) in [7, 11) is 1.71. The maximum absolute atomic E-state index is 6.67. The zero-order valence-corrected chi connectivity index (χ0v) is 5.50. The smallest absolute Gasteiger partial charge is 0.155 e. The fourth-order valence-corrected chi connectivity index (χ4v) is 0.715. The van der Waals surface area contributed by atoms with Crippen molar-refractivity contribution in [2.45, 2.75) is 0 Å². The van der Waals surface area contributed by atoms with Crippen LogP contribution >= 0.6 is 0 Å². The second kappa shape index (κ2) is 2.38. The lowest BCUT2D eigenvalue weighted by Crippen LogP contribution is -1.82. The predicted octanol–water partition coefficient (Wildman–Crippen LogP) is 2.35. The molecule has 1 aromatic heterocycles. The van der Waals surface area contributed by atoms with Gasteiger partial charge >= 0.3 is 0 Å². The third-order valence-electron chi connectivity index (χ3n) is 1.30. The summed E-state index contributed by atoms with van der Waals surface area (Å²) in [5.74, 6) is 1.01. The molecule has 2 N–H and O–H groups in total. The van der Waals surface area contributed by atoms with Crippen molar-refractivity contribution in [2.24, 2.45) is 17.3 Å². The summed E-state index contributed by atoms with van der Waals surface area (Å²) in [6.45, 7) is 0. The van der Waals surface area contributed by atoms with E-state index in [0.717, 1.165) is 0 Å². The van der Waals surface area contributed by atoms with E-state index in [1.165, 1.54) is 0 Å². The fraction of sp³-hybridized carbons (Fsp3) is 0.200. The standard InChI is InChI=1S/C5H7N5/c1-10-4(8-6)2-3-5(10)9-7/h2-3,6-7H,1H3. The van der Waals surface area contributed by atoms with Crippen LogP contribution in [0.5, 0.6) is 0 Å². The molecule has 10 heavy (non-hydrogen) atoms. The van der Waals surface area contributed by atoms with Gasteiger partial charge in [0.15, 0.2) is 11.6 Å². The van der Waals surface area contributed by atoms with Crippen molar-refractivity contribution in [1.82, 2.24) is 4.57 Å². The van der Waals surface area contributed by atoms with Gasteiger partial charge in [-0.1, -0.05) is 0 Å². The molecule has 0 fully saturated rings. The Kier molecular flexibility index (Phi) is 1.57. The summed E-state index contributed by atoms with van der Waals surface area (Å²) in [6, 6.07) is 3.28. The average molecular weight is 137 g/mol. The molecular weight excluding hydrogens is 130 g/mol. The van der Waals surface area contributed by atoms with Crippen molar-refractivity contribution in [1.29, 1.82) is 11.1 Å². The van der Waals surface area contributed by atoms with Gasteiger partial charge in [-0.3, -0.25) is 0 Å². The molecule has 52 valence electrons. The molecule has 1 aromatic rings. The molecule has 1 heterocycles. The second-order valence-electron chi connectivity index (χ2n) is 1.83. The van der Waals surface area contributed by atoms with Gasteiger partial charge in [0, 0.05) is 7.05 Å². The van der Waals surface area contributed by atoms with E-state index in [1.807, 2.05) is 0 Å². The van der Waals surface area contributed by atoms with Crippen LogP contribution in [0.3, 0.4) is 0 Å². The SMILES string of the molecule is Cn1c(N=N)ccc1N=N. The predicted molar refractivity (Wildman–Crippen MR) is 35.0 cm³/mol. The van der Waals surface area contributed by atoms with E-state index < -0.39 is 0 Å². The first-order chi connectivity index (χ1) is 4.79. The zero-order valence-electron chi connectivity index (χ0n) is 5.50. The molecule has 0 aliphatic carbocycles. The van der Waals surface area contributed by atoms with Crippen molar-refractivity contribution >= 4 is 11.6 Å². The minimum absolute atomic E-state index is 0.506. The Balaban J connectivity index is 3.20. The maximum Gasteiger partial charge on any atom is 0.155 e. The zero-order chi connectivity index (χ0) is 7.56. The summed E-state index contributed by atoms with van der Waals surface area (Å²) >= 11 is 0. The van der Waals surface area contributed by atoms with Crippen molar-refractivity contribution in [3.8, 4) is 0 Å². The molecule has 0 amide bonds. The molecule has 0 bridgehead atoms. The van der Waals surface area contributed by atoms with Crippen LogP contribution in [0.4, 0.5) is 11.6 Å². The summed E-state index contributed by atoms with van der Waals surface area (Å²) in [5.41, 5.74) is 13.3. The Bertz CT molecular complexity index is 236. The first kappa shape index (κ1) is 6.60. The Hall–Kier alpha value is -1.52. The van der Waals surface area contributed by atoms with Crippen LogP contribution in [-0.4, -0.2) is 4.57 Å². The first-order valence-corrected chi connectivity index (χ1v) is 2.70. The van der Waals surface area contributed by atoms with Crippen molar-refractivity contribution in [2.75, 3.05) is 0 Å². The first-order valence-electron chi connectivity index (χ1n) is 2.70. The minimum atomic E-state index is 0.506. The second-order valence-corrected chi connectivity index (χ2v) is 1.83. The van der Waals surface area contributed by atoms with Crippen molar-refractivity contribution in [3.63, 3.8) is 0 Å². The van der Waals surface area contributed by atoms with Gasteiger partial charge in [0.05, 0.1) is 0 Å². The fourth-order valence-electron chi connectivity index (χ4n) is 0.715. The number of nitrogens with zero attached hydrogens (tertiary/aromatic N) is 3. The number of rotatable bonds is 2.